The first-order valence-corrected chi connectivity index (χ1v) is 26.0. The molecule has 0 radical (unpaired) electrons. The summed E-state index contributed by atoms with van der Waals surface area (Å²) in [5.74, 6) is -6.00. The second kappa shape index (κ2) is 16.2. The third kappa shape index (κ3) is 6.35. The Morgan fingerprint density at radius 1 is 0.423 bits per heavy atom. The molecule has 12 N–H and O–H groups in total. The maximum atomic E-state index is 13.4. The zero-order valence-electron chi connectivity index (χ0n) is 42.6. The van der Waals surface area contributed by atoms with E-state index in [0.29, 0.717) is 51.7 Å². The first-order valence-electron chi connectivity index (χ1n) is 26.0. The smallest absolute Gasteiger partial charge is 0.271 e. The number of hydrogen-bond acceptors (Lipinski definition) is 15. The molecule has 6 atom stereocenters. The van der Waals surface area contributed by atoms with Gasteiger partial charge in [-0.3, -0.25) is 28.8 Å². The van der Waals surface area contributed by atoms with Crippen LogP contribution >= 0.6 is 0 Å². The minimum atomic E-state index is -2.02. The summed E-state index contributed by atoms with van der Waals surface area (Å²) >= 11 is 0. The second-order valence-corrected chi connectivity index (χ2v) is 21.9. The number of ketones is 3. The number of fused-ring (bicyclic) bond motifs is 15. The van der Waals surface area contributed by atoms with Crippen LogP contribution in [0.2, 0.25) is 0 Å². The monoisotopic (exact) mass is 1050 g/mol. The number of benzene rings is 6. The van der Waals surface area contributed by atoms with Crippen molar-refractivity contribution >= 4 is 52.1 Å². The topological polar surface area (TPSA) is 305 Å². The Bertz CT molecular complexity index is 3370. The normalized spacial score (nSPS) is 28.2. The SMILES string of the molecule is CC(=O)NC12C(=O)c3c(N)cccc3C1(O)Oc1cc(C3CC3)ccc12.CC(=O)N[C@@]12C(=O)c3c(N)cccc3[C@]1(O)Oc1cc(C3CC3)ccc12.CC(=O)N[C@]12C(=O)c3c(N)cccc3[C@@]1(O)Oc1cc(C3CC3)ccc12. The second-order valence-electron chi connectivity index (χ2n) is 21.9. The Kier molecular flexibility index (Phi) is 10.2. The average molecular weight is 1050 g/mol. The van der Waals surface area contributed by atoms with Gasteiger partial charge in [0.05, 0.1) is 16.7 Å². The van der Waals surface area contributed by atoms with Crippen LogP contribution in [0.3, 0.4) is 0 Å². The molecule has 6 aromatic carbocycles. The summed E-state index contributed by atoms with van der Waals surface area (Å²) in [5, 5.41) is 42.6. The van der Waals surface area contributed by atoms with Gasteiger partial charge in [0.2, 0.25) is 51.7 Å². The molecular formula is C60H54N6O12. The Balaban J connectivity index is 0.000000111. The van der Waals surface area contributed by atoms with Crippen molar-refractivity contribution < 1.29 is 58.3 Å². The zero-order valence-corrected chi connectivity index (χ0v) is 42.6. The Labute approximate surface area is 446 Å². The van der Waals surface area contributed by atoms with Gasteiger partial charge in [-0.1, -0.05) is 72.8 Å². The fourth-order valence-corrected chi connectivity index (χ4v) is 13.0. The number of rotatable bonds is 6. The van der Waals surface area contributed by atoms with Crippen LogP contribution in [-0.2, 0) is 48.4 Å². The molecule has 0 aromatic heterocycles. The molecule has 3 amide bonds. The summed E-state index contributed by atoms with van der Waals surface area (Å²) in [5.41, 5.74) is 19.7. The van der Waals surface area contributed by atoms with E-state index in [4.69, 9.17) is 31.4 Å². The van der Waals surface area contributed by atoms with Crippen LogP contribution in [0.1, 0.15) is 158 Å². The third-order valence-electron chi connectivity index (χ3n) is 16.9. The molecule has 9 aliphatic rings. The van der Waals surface area contributed by atoms with Crippen molar-refractivity contribution in [1.29, 1.82) is 0 Å². The number of amides is 3. The van der Waals surface area contributed by atoms with E-state index in [1.807, 2.05) is 36.4 Å². The molecule has 2 unspecified atom stereocenters. The molecule has 78 heavy (non-hydrogen) atoms. The highest BCUT2D eigenvalue weighted by molar-refractivity contribution is 6.17. The van der Waals surface area contributed by atoms with E-state index >= 15 is 0 Å². The lowest BCUT2D eigenvalue weighted by Gasteiger charge is -2.34. The molecule has 6 aliphatic carbocycles. The highest BCUT2D eigenvalue weighted by atomic mass is 16.6. The Hall–Kier alpha value is -8.58. The van der Waals surface area contributed by atoms with Gasteiger partial charge in [0.1, 0.15) is 17.2 Å². The first-order chi connectivity index (χ1) is 37.1. The van der Waals surface area contributed by atoms with E-state index in [9.17, 15) is 44.1 Å². The number of aliphatic hydroxyl groups is 3. The predicted molar refractivity (Wildman–Crippen MR) is 281 cm³/mol. The lowest BCUT2D eigenvalue weighted by molar-refractivity contribution is -0.175. The average Bonchev–Trinajstić information content (AvgIpc) is 4.37. The Morgan fingerprint density at radius 2 is 0.679 bits per heavy atom. The van der Waals surface area contributed by atoms with Crippen LogP contribution in [-0.4, -0.2) is 50.4 Å². The fourth-order valence-electron chi connectivity index (χ4n) is 13.0. The van der Waals surface area contributed by atoms with Crippen molar-refractivity contribution in [2.45, 2.75) is 111 Å². The van der Waals surface area contributed by atoms with E-state index in [0.717, 1.165) is 55.2 Å². The van der Waals surface area contributed by atoms with Crippen LogP contribution in [0.5, 0.6) is 17.2 Å². The number of nitrogens with one attached hydrogen (secondary N) is 3. The van der Waals surface area contributed by atoms with Gasteiger partial charge in [-0.05, 0) is 109 Å². The van der Waals surface area contributed by atoms with E-state index < -0.39 is 69.0 Å². The standard InChI is InChI=1S/3C20H18N2O4/c3*1-10(23)22-19-13-8-7-12(11-5-6-11)9-16(13)26-20(19,25)14-3-2-4-15(21)17(14)18(19)24/h3*2-4,7-9,11,25H,5-6,21H2,1H3,(H,22,23)/t2*19-,20-;/m10./s1. The molecule has 3 heterocycles. The maximum absolute atomic E-state index is 13.4. The molecule has 18 nitrogen and oxygen atoms in total. The van der Waals surface area contributed by atoms with Crippen molar-refractivity contribution in [3.63, 3.8) is 0 Å². The number of anilines is 3. The first kappa shape index (κ1) is 49.0. The van der Waals surface area contributed by atoms with Gasteiger partial charge in [-0.25, -0.2) is 0 Å². The van der Waals surface area contributed by atoms with Crippen molar-refractivity contribution in [2.75, 3.05) is 17.2 Å². The van der Waals surface area contributed by atoms with Crippen LogP contribution in [0.15, 0.2) is 109 Å². The maximum Gasteiger partial charge on any atom is 0.271 e. The zero-order chi connectivity index (χ0) is 54.8. The van der Waals surface area contributed by atoms with E-state index in [1.54, 1.807) is 72.8 Å². The molecular weight excluding hydrogens is 997 g/mol. The molecule has 3 fully saturated rings. The summed E-state index contributed by atoms with van der Waals surface area (Å²) in [6.45, 7) is 3.93. The van der Waals surface area contributed by atoms with Gasteiger partial charge < -0.3 is 62.7 Å². The number of carbonyl (C=O) groups excluding carboxylic acids is 6. The quantitative estimate of drug-likeness (QED) is 0.0900. The third-order valence-corrected chi connectivity index (χ3v) is 16.9. The van der Waals surface area contributed by atoms with Gasteiger partial charge in [0.15, 0.2) is 0 Å². The summed E-state index contributed by atoms with van der Waals surface area (Å²) in [4.78, 5) is 76.2. The van der Waals surface area contributed by atoms with E-state index in [-0.39, 0.29) is 50.4 Å². The highest BCUT2D eigenvalue weighted by Gasteiger charge is 2.74. The number of hydrogen-bond donors (Lipinski definition) is 9. The number of nitrogen functional groups attached to an aromatic ring is 3. The van der Waals surface area contributed by atoms with Crippen molar-refractivity contribution in [2.24, 2.45) is 0 Å². The van der Waals surface area contributed by atoms with Crippen molar-refractivity contribution in [1.82, 2.24) is 16.0 Å². The van der Waals surface area contributed by atoms with Crippen molar-refractivity contribution in [3.8, 4) is 17.2 Å². The van der Waals surface area contributed by atoms with E-state index in [1.165, 1.54) is 20.8 Å². The molecule has 0 saturated heterocycles. The minimum Gasteiger partial charge on any atom is -0.454 e. The fraction of sp³-hybridized carbons (Fsp3) is 0.300. The summed E-state index contributed by atoms with van der Waals surface area (Å²) in [6.07, 6.45) is 6.74. The Morgan fingerprint density at radius 3 is 0.910 bits per heavy atom. The van der Waals surface area contributed by atoms with Crippen molar-refractivity contribution in [3.05, 3.63) is 176 Å². The molecule has 18 heteroatoms. The molecule has 0 bridgehead atoms. The largest absolute Gasteiger partial charge is 0.454 e. The number of Topliss-reactive ketones (excluding diaryl/α,β-unsaturated/α-hetero) is 3. The van der Waals surface area contributed by atoms with Gasteiger partial charge in [0, 0.05) is 71.2 Å². The van der Waals surface area contributed by atoms with Gasteiger partial charge >= 0.3 is 0 Å². The minimum absolute atomic E-state index is 0.195. The van der Waals surface area contributed by atoms with Crippen LogP contribution in [0.4, 0.5) is 17.1 Å². The van der Waals surface area contributed by atoms with Crippen LogP contribution < -0.4 is 47.4 Å². The molecule has 3 saturated carbocycles. The molecule has 3 aliphatic heterocycles. The van der Waals surface area contributed by atoms with Gasteiger partial charge in [0.25, 0.3) is 17.4 Å². The lowest BCUT2D eigenvalue weighted by Crippen LogP contribution is -2.59. The summed E-state index contributed by atoms with van der Waals surface area (Å²) in [7, 11) is 0. The van der Waals surface area contributed by atoms with Crippen LogP contribution in [0, 0.1) is 0 Å². The molecule has 6 aromatic rings. The van der Waals surface area contributed by atoms with Gasteiger partial charge in [-0.15, -0.1) is 0 Å². The molecule has 15 rings (SSSR count). The molecule has 396 valence electrons. The van der Waals surface area contributed by atoms with Gasteiger partial charge in [-0.2, -0.15) is 0 Å². The molecule has 0 spiro atoms. The predicted octanol–water partition coefficient (Wildman–Crippen LogP) is 5.73. The lowest BCUT2D eigenvalue weighted by atomic mass is 9.82. The summed E-state index contributed by atoms with van der Waals surface area (Å²) < 4.78 is 17.9. The number of nitrogens with two attached hydrogens (primary N) is 3. The number of ether oxygens (including phenoxy) is 3. The highest BCUT2D eigenvalue weighted by Crippen LogP contribution is 2.63. The summed E-state index contributed by atoms with van der Waals surface area (Å²) in [6, 6.07) is 31.3. The van der Waals surface area contributed by atoms with E-state index in [2.05, 4.69) is 16.0 Å². The number of carbonyl (C=O) groups is 6. The van der Waals surface area contributed by atoms with Crippen LogP contribution in [0.25, 0.3) is 0 Å².